The molecule has 3 rings (SSSR count). The highest BCUT2D eigenvalue weighted by Crippen LogP contribution is 2.37. The second-order valence-corrected chi connectivity index (χ2v) is 6.46. The minimum Gasteiger partial charge on any atom is -0.455 e. The van der Waals surface area contributed by atoms with Gasteiger partial charge in [0.1, 0.15) is 5.75 Å². The van der Waals surface area contributed by atoms with Crippen molar-refractivity contribution in [3.8, 4) is 11.5 Å². The molecular weight excluding hydrogens is 425 g/mol. The molecule has 0 spiro atoms. The van der Waals surface area contributed by atoms with Crippen molar-refractivity contribution in [1.82, 2.24) is 0 Å². The molecule has 6 nitrogen and oxygen atoms in total. The number of nitro groups is 1. The van der Waals surface area contributed by atoms with Crippen LogP contribution in [0.15, 0.2) is 66.7 Å². The van der Waals surface area contributed by atoms with Gasteiger partial charge in [-0.05, 0) is 54.6 Å². The highest BCUT2D eigenvalue weighted by molar-refractivity contribution is 6.30. The number of alkyl halides is 3. The summed E-state index contributed by atoms with van der Waals surface area (Å²) in [5.74, 6) is -0.490. The van der Waals surface area contributed by atoms with Gasteiger partial charge in [0.25, 0.3) is 11.6 Å². The summed E-state index contributed by atoms with van der Waals surface area (Å²) in [5.41, 5.74) is -1.40. The van der Waals surface area contributed by atoms with E-state index >= 15 is 0 Å². The van der Waals surface area contributed by atoms with Crippen molar-refractivity contribution in [2.75, 3.05) is 5.32 Å². The Morgan fingerprint density at radius 3 is 2.20 bits per heavy atom. The van der Waals surface area contributed by atoms with Gasteiger partial charge >= 0.3 is 6.18 Å². The van der Waals surface area contributed by atoms with Crippen molar-refractivity contribution in [3.63, 3.8) is 0 Å². The van der Waals surface area contributed by atoms with E-state index in [1.807, 2.05) is 0 Å². The summed E-state index contributed by atoms with van der Waals surface area (Å²) in [6.45, 7) is 0. The molecule has 1 N–H and O–H groups in total. The lowest BCUT2D eigenvalue weighted by Gasteiger charge is -2.15. The third kappa shape index (κ3) is 5.06. The molecule has 3 aromatic carbocycles. The molecular formula is C20H12ClF3N2O4. The molecule has 0 saturated heterocycles. The molecule has 0 radical (unpaired) electrons. The third-order valence-electron chi connectivity index (χ3n) is 3.94. The Morgan fingerprint density at radius 2 is 1.63 bits per heavy atom. The van der Waals surface area contributed by atoms with Crippen LogP contribution in [0.25, 0.3) is 0 Å². The number of anilines is 1. The van der Waals surface area contributed by atoms with Crippen LogP contribution in [-0.4, -0.2) is 10.8 Å². The zero-order chi connectivity index (χ0) is 21.9. The largest absolute Gasteiger partial charge is 0.455 e. The number of halogens is 4. The maximum Gasteiger partial charge on any atom is 0.416 e. The molecule has 30 heavy (non-hydrogen) atoms. The number of rotatable bonds is 5. The summed E-state index contributed by atoms with van der Waals surface area (Å²) in [7, 11) is 0. The minimum atomic E-state index is -4.63. The number of amides is 1. The lowest BCUT2D eigenvalue weighted by molar-refractivity contribution is -0.384. The predicted molar refractivity (Wildman–Crippen MR) is 104 cm³/mol. The maximum atomic E-state index is 13.1. The molecule has 0 saturated carbocycles. The van der Waals surface area contributed by atoms with Gasteiger partial charge in [-0.2, -0.15) is 13.2 Å². The van der Waals surface area contributed by atoms with Crippen LogP contribution in [0.3, 0.4) is 0 Å². The van der Waals surface area contributed by atoms with Crippen molar-refractivity contribution in [3.05, 3.63) is 93.0 Å². The summed E-state index contributed by atoms with van der Waals surface area (Å²) in [5, 5.41) is 13.5. The SMILES string of the molecule is O=C(Nc1cc(C(F)(F)F)ccc1Oc1ccc(Cl)cc1)c1ccc([N+](=O)[O-])cc1. The highest BCUT2D eigenvalue weighted by atomic mass is 35.5. The first-order valence-electron chi connectivity index (χ1n) is 8.34. The fourth-order valence-electron chi connectivity index (χ4n) is 2.45. The van der Waals surface area contributed by atoms with E-state index in [-0.39, 0.29) is 22.7 Å². The van der Waals surface area contributed by atoms with Crippen LogP contribution in [-0.2, 0) is 6.18 Å². The van der Waals surface area contributed by atoms with Crippen LogP contribution in [0, 0.1) is 10.1 Å². The summed E-state index contributed by atoms with van der Waals surface area (Å²) < 4.78 is 44.9. The Labute approximate surface area is 173 Å². The summed E-state index contributed by atoms with van der Waals surface area (Å²) in [4.78, 5) is 22.6. The monoisotopic (exact) mass is 436 g/mol. The van der Waals surface area contributed by atoms with E-state index in [2.05, 4.69) is 5.32 Å². The number of nitro benzene ring substituents is 1. The van der Waals surface area contributed by atoms with E-state index < -0.39 is 22.6 Å². The molecule has 3 aromatic rings. The van der Waals surface area contributed by atoms with Crippen LogP contribution in [0.2, 0.25) is 5.02 Å². The lowest BCUT2D eigenvalue weighted by Crippen LogP contribution is -2.14. The van der Waals surface area contributed by atoms with E-state index in [0.717, 1.165) is 30.3 Å². The number of carbonyl (C=O) groups excluding carboxylic acids is 1. The van der Waals surface area contributed by atoms with Crippen LogP contribution in [0.4, 0.5) is 24.5 Å². The maximum absolute atomic E-state index is 13.1. The standard InChI is InChI=1S/C20H12ClF3N2O4/c21-14-4-8-16(9-5-14)30-18-10-3-13(20(22,23)24)11-17(18)25-19(27)12-1-6-15(7-2-12)26(28)29/h1-11H,(H,25,27). The van der Waals surface area contributed by atoms with Gasteiger partial charge in [-0.15, -0.1) is 0 Å². The smallest absolute Gasteiger partial charge is 0.416 e. The average Bonchev–Trinajstić information content (AvgIpc) is 2.70. The Hall–Kier alpha value is -3.59. The van der Waals surface area contributed by atoms with E-state index in [4.69, 9.17) is 16.3 Å². The fourth-order valence-corrected chi connectivity index (χ4v) is 2.58. The molecule has 1 amide bonds. The van der Waals surface area contributed by atoms with E-state index in [9.17, 15) is 28.1 Å². The number of carbonyl (C=O) groups is 1. The Bertz CT molecular complexity index is 1080. The molecule has 0 aliphatic carbocycles. The predicted octanol–water partition coefficient (Wildman–Crippen LogP) is 6.31. The number of nitrogens with one attached hydrogen (secondary N) is 1. The van der Waals surface area contributed by atoms with Gasteiger partial charge < -0.3 is 10.1 Å². The van der Waals surface area contributed by atoms with Crippen LogP contribution >= 0.6 is 11.6 Å². The van der Waals surface area contributed by atoms with Crippen molar-refractivity contribution >= 4 is 28.9 Å². The Balaban J connectivity index is 1.92. The number of hydrogen-bond donors (Lipinski definition) is 1. The van der Waals surface area contributed by atoms with E-state index in [1.165, 1.54) is 36.4 Å². The topological polar surface area (TPSA) is 81.5 Å². The summed E-state index contributed by atoms with van der Waals surface area (Å²) in [6.07, 6.45) is -4.63. The normalized spacial score (nSPS) is 11.1. The zero-order valence-corrected chi connectivity index (χ0v) is 15.7. The first kappa shape index (κ1) is 21.1. The van der Waals surface area contributed by atoms with Crippen LogP contribution < -0.4 is 10.1 Å². The number of nitrogens with zero attached hydrogens (tertiary/aromatic N) is 1. The second-order valence-electron chi connectivity index (χ2n) is 6.02. The van der Waals surface area contributed by atoms with Crippen molar-refractivity contribution in [2.24, 2.45) is 0 Å². The third-order valence-corrected chi connectivity index (χ3v) is 4.19. The summed E-state index contributed by atoms with van der Waals surface area (Å²) >= 11 is 5.80. The van der Waals surface area contributed by atoms with Crippen LogP contribution in [0.5, 0.6) is 11.5 Å². The number of non-ortho nitro benzene ring substituents is 1. The molecule has 0 fully saturated rings. The van der Waals surface area contributed by atoms with E-state index in [1.54, 1.807) is 0 Å². The number of hydrogen-bond acceptors (Lipinski definition) is 4. The molecule has 0 aliphatic rings. The van der Waals surface area contributed by atoms with Gasteiger partial charge in [-0.3, -0.25) is 14.9 Å². The summed E-state index contributed by atoms with van der Waals surface area (Å²) in [6, 6.07) is 13.4. The minimum absolute atomic E-state index is 0.0236. The molecule has 154 valence electrons. The van der Waals surface area contributed by atoms with Gasteiger partial charge in [0.15, 0.2) is 5.75 Å². The highest BCUT2D eigenvalue weighted by Gasteiger charge is 2.31. The van der Waals surface area contributed by atoms with Crippen molar-refractivity contribution in [1.29, 1.82) is 0 Å². The first-order chi connectivity index (χ1) is 14.1. The molecule has 0 unspecified atom stereocenters. The van der Waals surface area contributed by atoms with Gasteiger partial charge in [0, 0.05) is 22.7 Å². The fraction of sp³-hybridized carbons (Fsp3) is 0.0500. The average molecular weight is 437 g/mol. The molecule has 0 atom stereocenters. The molecule has 0 aliphatic heterocycles. The van der Waals surface area contributed by atoms with Gasteiger partial charge in [0.05, 0.1) is 16.2 Å². The zero-order valence-electron chi connectivity index (χ0n) is 14.9. The molecule has 0 bridgehead atoms. The second kappa shape index (κ2) is 8.42. The van der Waals surface area contributed by atoms with E-state index in [0.29, 0.717) is 10.8 Å². The molecule has 0 aromatic heterocycles. The van der Waals surface area contributed by atoms with Gasteiger partial charge in [0.2, 0.25) is 0 Å². The number of ether oxygens (including phenoxy) is 1. The van der Waals surface area contributed by atoms with Crippen molar-refractivity contribution < 1.29 is 27.6 Å². The Morgan fingerprint density at radius 1 is 1.00 bits per heavy atom. The Kier molecular flexibility index (Phi) is 5.93. The van der Waals surface area contributed by atoms with Crippen molar-refractivity contribution in [2.45, 2.75) is 6.18 Å². The molecule has 10 heteroatoms. The van der Waals surface area contributed by atoms with Gasteiger partial charge in [-0.1, -0.05) is 11.6 Å². The first-order valence-corrected chi connectivity index (χ1v) is 8.72. The molecule has 0 heterocycles. The van der Waals surface area contributed by atoms with Crippen LogP contribution in [0.1, 0.15) is 15.9 Å². The quantitative estimate of drug-likeness (QED) is 0.375. The number of benzene rings is 3. The lowest BCUT2D eigenvalue weighted by atomic mass is 10.1. The van der Waals surface area contributed by atoms with Gasteiger partial charge in [-0.25, -0.2) is 0 Å².